The van der Waals surface area contributed by atoms with Crippen molar-refractivity contribution in [2.75, 3.05) is 23.4 Å². The van der Waals surface area contributed by atoms with Gasteiger partial charge >= 0.3 is 6.03 Å². The normalized spacial score (nSPS) is 12.3. The van der Waals surface area contributed by atoms with Crippen LogP contribution in [0.4, 0.5) is 16.2 Å². The molecule has 0 saturated carbocycles. The number of hydrogen-bond acceptors (Lipinski definition) is 6. The van der Waals surface area contributed by atoms with Crippen LogP contribution >= 0.6 is 0 Å². The van der Waals surface area contributed by atoms with Crippen LogP contribution in [0.1, 0.15) is 6.92 Å². The zero-order valence-corrected chi connectivity index (χ0v) is 14.9. The summed E-state index contributed by atoms with van der Waals surface area (Å²) in [6.45, 7) is 2.29. The van der Waals surface area contributed by atoms with Crippen molar-refractivity contribution in [3.8, 4) is 5.75 Å². The summed E-state index contributed by atoms with van der Waals surface area (Å²) in [4.78, 5) is 15.9. The van der Waals surface area contributed by atoms with Gasteiger partial charge < -0.3 is 15.4 Å². The Hall–Kier alpha value is -2.82. The molecule has 2 rings (SSSR count). The number of ether oxygens (including phenoxy) is 1. The molecular weight excluding hydrogens is 348 g/mol. The first-order valence-corrected chi connectivity index (χ1v) is 9.21. The number of anilines is 2. The number of nitrogens with zero attached hydrogens (tertiary/aromatic N) is 3. The lowest BCUT2D eigenvalue weighted by molar-refractivity contribution is 0.247. The zero-order chi connectivity index (χ0) is 18.4. The van der Waals surface area contributed by atoms with Crippen molar-refractivity contribution in [1.82, 2.24) is 20.1 Å². The van der Waals surface area contributed by atoms with Crippen LogP contribution < -0.4 is 20.1 Å². The number of carbonyl (C=O) groups excluding carboxylic acids is 1. The van der Waals surface area contributed by atoms with E-state index in [0.717, 1.165) is 6.26 Å². The molecule has 0 aliphatic heterocycles. The Morgan fingerprint density at radius 2 is 2.16 bits per heavy atom. The van der Waals surface area contributed by atoms with Gasteiger partial charge in [-0.05, 0) is 25.1 Å². The van der Waals surface area contributed by atoms with E-state index in [1.165, 1.54) is 19.5 Å². The summed E-state index contributed by atoms with van der Waals surface area (Å²) in [6, 6.07) is 4.02. The van der Waals surface area contributed by atoms with Gasteiger partial charge in [0.05, 0.1) is 25.6 Å². The van der Waals surface area contributed by atoms with E-state index in [0.29, 0.717) is 18.0 Å². The highest BCUT2D eigenvalue weighted by Gasteiger charge is 2.12. The molecule has 3 N–H and O–H groups in total. The molecule has 1 aromatic heterocycles. The van der Waals surface area contributed by atoms with Crippen LogP contribution in [0.5, 0.6) is 5.75 Å². The standard InChI is InChI=1S/C14H20N6O4S/c1-10(7-20-9-15-8-16-20)17-14(21)18-11-4-5-13(24-2)12(6-11)19-25(3,22)23/h4-6,8-10,19H,7H2,1-3H3,(H2,17,18,21)/t10-/m0/s1. The Labute approximate surface area is 145 Å². The Morgan fingerprint density at radius 3 is 2.76 bits per heavy atom. The average molecular weight is 368 g/mol. The summed E-state index contributed by atoms with van der Waals surface area (Å²) in [5.74, 6) is 0.343. The SMILES string of the molecule is COc1ccc(NC(=O)N[C@@H](C)Cn2cncn2)cc1NS(C)(=O)=O. The lowest BCUT2D eigenvalue weighted by atomic mass is 10.2. The number of nitrogens with one attached hydrogen (secondary N) is 3. The van der Waals surface area contributed by atoms with Crippen LogP contribution in [-0.2, 0) is 16.6 Å². The zero-order valence-electron chi connectivity index (χ0n) is 14.1. The highest BCUT2D eigenvalue weighted by Crippen LogP contribution is 2.28. The molecule has 0 aliphatic rings. The van der Waals surface area contributed by atoms with E-state index in [4.69, 9.17) is 4.74 Å². The number of aromatic nitrogens is 3. The number of carbonyl (C=O) groups is 1. The van der Waals surface area contributed by atoms with Crippen molar-refractivity contribution in [1.29, 1.82) is 0 Å². The largest absolute Gasteiger partial charge is 0.495 e. The van der Waals surface area contributed by atoms with Crippen molar-refractivity contribution in [3.63, 3.8) is 0 Å². The molecule has 0 spiro atoms. The summed E-state index contributed by atoms with van der Waals surface area (Å²) in [5.41, 5.74) is 0.649. The second kappa shape index (κ2) is 7.83. The lowest BCUT2D eigenvalue weighted by Gasteiger charge is -2.16. The van der Waals surface area contributed by atoms with Crippen molar-refractivity contribution >= 4 is 27.4 Å². The Morgan fingerprint density at radius 1 is 1.40 bits per heavy atom. The molecule has 1 atom stereocenters. The third kappa shape index (κ3) is 5.95. The molecule has 11 heteroatoms. The molecule has 136 valence electrons. The molecule has 2 amide bonds. The van der Waals surface area contributed by atoms with Crippen LogP contribution in [0.3, 0.4) is 0 Å². The molecule has 1 aromatic carbocycles. The molecule has 0 aliphatic carbocycles. The molecule has 0 radical (unpaired) electrons. The first kappa shape index (κ1) is 18.5. The van der Waals surface area contributed by atoms with Gasteiger partial charge in [0.15, 0.2) is 0 Å². The van der Waals surface area contributed by atoms with Gasteiger partial charge in [0.25, 0.3) is 0 Å². The van der Waals surface area contributed by atoms with E-state index < -0.39 is 16.1 Å². The van der Waals surface area contributed by atoms with Crippen LogP contribution in [-0.4, -0.2) is 48.6 Å². The van der Waals surface area contributed by atoms with Gasteiger partial charge in [0.2, 0.25) is 10.0 Å². The molecule has 0 bridgehead atoms. The minimum absolute atomic E-state index is 0.187. The van der Waals surface area contributed by atoms with Crippen LogP contribution in [0, 0.1) is 0 Å². The van der Waals surface area contributed by atoms with E-state index in [1.54, 1.807) is 23.1 Å². The predicted molar refractivity (Wildman–Crippen MR) is 93.1 cm³/mol. The monoisotopic (exact) mass is 368 g/mol. The topological polar surface area (TPSA) is 127 Å². The highest BCUT2D eigenvalue weighted by molar-refractivity contribution is 7.92. The molecular formula is C14H20N6O4S. The van der Waals surface area contributed by atoms with Gasteiger partial charge in [-0.3, -0.25) is 9.40 Å². The number of hydrogen-bond donors (Lipinski definition) is 3. The van der Waals surface area contributed by atoms with E-state index in [2.05, 4.69) is 25.4 Å². The first-order chi connectivity index (χ1) is 11.8. The molecule has 2 aromatic rings. The number of methoxy groups -OCH3 is 1. The third-order valence-corrected chi connectivity index (χ3v) is 3.65. The Bertz CT molecular complexity index is 822. The van der Waals surface area contributed by atoms with Crippen LogP contribution in [0.15, 0.2) is 30.9 Å². The fourth-order valence-electron chi connectivity index (χ4n) is 2.11. The third-order valence-electron chi connectivity index (χ3n) is 3.06. The average Bonchev–Trinajstić information content (AvgIpc) is 2.98. The molecule has 10 nitrogen and oxygen atoms in total. The number of urea groups is 1. The minimum Gasteiger partial charge on any atom is -0.495 e. The maximum Gasteiger partial charge on any atom is 0.319 e. The molecule has 25 heavy (non-hydrogen) atoms. The van der Waals surface area contributed by atoms with Gasteiger partial charge in [0, 0.05) is 11.7 Å². The van der Waals surface area contributed by atoms with Gasteiger partial charge in [-0.2, -0.15) is 5.10 Å². The number of benzene rings is 1. The van der Waals surface area contributed by atoms with Crippen molar-refractivity contribution < 1.29 is 17.9 Å². The van der Waals surface area contributed by atoms with E-state index in [-0.39, 0.29) is 11.7 Å². The summed E-state index contributed by atoms with van der Waals surface area (Å²) < 4.78 is 31.9. The van der Waals surface area contributed by atoms with Crippen molar-refractivity contribution in [3.05, 3.63) is 30.9 Å². The van der Waals surface area contributed by atoms with E-state index in [9.17, 15) is 13.2 Å². The van der Waals surface area contributed by atoms with Gasteiger partial charge in [-0.15, -0.1) is 0 Å². The number of amides is 2. The lowest BCUT2D eigenvalue weighted by Crippen LogP contribution is -2.38. The first-order valence-electron chi connectivity index (χ1n) is 7.32. The van der Waals surface area contributed by atoms with Crippen LogP contribution in [0.2, 0.25) is 0 Å². The van der Waals surface area contributed by atoms with Gasteiger partial charge in [0.1, 0.15) is 18.4 Å². The minimum atomic E-state index is -3.48. The van der Waals surface area contributed by atoms with Gasteiger partial charge in [-0.1, -0.05) is 0 Å². The summed E-state index contributed by atoms with van der Waals surface area (Å²) in [5, 5.41) is 9.37. The van der Waals surface area contributed by atoms with Crippen molar-refractivity contribution in [2.24, 2.45) is 0 Å². The fourth-order valence-corrected chi connectivity index (χ4v) is 2.67. The summed E-state index contributed by atoms with van der Waals surface area (Å²) >= 11 is 0. The maximum atomic E-state index is 12.1. The predicted octanol–water partition coefficient (Wildman–Crippen LogP) is 0.868. The smallest absolute Gasteiger partial charge is 0.319 e. The summed E-state index contributed by atoms with van der Waals surface area (Å²) in [6.07, 6.45) is 4.01. The van der Waals surface area contributed by atoms with Crippen LogP contribution in [0.25, 0.3) is 0 Å². The second-order valence-electron chi connectivity index (χ2n) is 5.41. The molecule has 0 fully saturated rings. The second-order valence-corrected chi connectivity index (χ2v) is 7.15. The molecule has 0 unspecified atom stereocenters. The Balaban J connectivity index is 2.01. The van der Waals surface area contributed by atoms with E-state index >= 15 is 0 Å². The van der Waals surface area contributed by atoms with Gasteiger partial charge in [-0.25, -0.2) is 18.2 Å². The van der Waals surface area contributed by atoms with Crippen molar-refractivity contribution in [2.45, 2.75) is 19.5 Å². The van der Waals surface area contributed by atoms with E-state index in [1.807, 2.05) is 6.92 Å². The Kier molecular flexibility index (Phi) is 5.80. The quantitative estimate of drug-likeness (QED) is 0.665. The maximum absolute atomic E-state index is 12.1. The number of sulfonamides is 1. The molecule has 1 heterocycles. The highest BCUT2D eigenvalue weighted by atomic mass is 32.2. The fraction of sp³-hybridized carbons (Fsp3) is 0.357. The summed E-state index contributed by atoms with van der Waals surface area (Å²) in [7, 11) is -2.05. The molecule has 0 saturated heterocycles. The number of rotatable bonds is 7.